The van der Waals surface area contributed by atoms with Gasteiger partial charge in [0.15, 0.2) is 6.29 Å². The van der Waals surface area contributed by atoms with Gasteiger partial charge in [0.2, 0.25) is 17.7 Å². The third-order valence-corrected chi connectivity index (χ3v) is 5.07. The van der Waals surface area contributed by atoms with E-state index in [9.17, 15) is 29.4 Å². The molecule has 2 unspecified atom stereocenters. The van der Waals surface area contributed by atoms with E-state index in [2.05, 4.69) is 16.4 Å². The molecule has 31 heavy (non-hydrogen) atoms. The van der Waals surface area contributed by atoms with Crippen LogP contribution >= 0.6 is 0 Å². The second-order valence-corrected chi connectivity index (χ2v) is 7.57. The molecule has 3 amide bonds. The van der Waals surface area contributed by atoms with Crippen molar-refractivity contribution in [1.82, 2.24) is 10.6 Å². The molecule has 0 spiro atoms. The third kappa shape index (κ3) is 7.70. The number of hydrogen-bond donors (Lipinski definition) is 7. The molecule has 178 valence electrons. The van der Waals surface area contributed by atoms with Gasteiger partial charge in [-0.15, -0.1) is 0 Å². The molecule has 1 aliphatic rings. The monoisotopic (exact) mass is 449 g/mol. The number of ether oxygens (including phenoxy) is 2. The van der Waals surface area contributed by atoms with E-state index in [1.807, 2.05) is 0 Å². The quantitative estimate of drug-likeness (QED) is 0.163. The van der Waals surface area contributed by atoms with Crippen LogP contribution in [0.15, 0.2) is 0 Å². The number of carbonyl (C=O) groups excluding carboxylic acids is 3. The van der Waals surface area contributed by atoms with Crippen LogP contribution in [0.5, 0.6) is 0 Å². The van der Waals surface area contributed by atoms with Gasteiger partial charge in [-0.2, -0.15) is 0 Å². The Labute approximate surface area is 179 Å². The lowest BCUT2D eigenvalue weighted by atomic mass is 9.92. The van der Waals surface area contributed by atoms with Crippen molar-refractivity contribution in [3.05, 3.63) is 0 Å². The molecule has 0 aromatic rings. The molecule has 1 aliphatic heterocycles. The highest BCUT2D eigenvalue weighted by molar-refractivity contribution is 5.92. The van der Waals surface area contributed by atoms with Crippen molar-refractivity contribution in [2.75, 3.05) is 6.54 Å². The number of quaternary nitrogens is 1. The smallest absolute Gasteiger partial charge is 0.303 e. The van der Waals surface area contributed by atoms with Crippen LogP contribution in [0.1, 0.15) is 33.6 Å². The van der Waals surface area contributed by atoms with Gasteiger partial charge >= 0.3 is 5.97 Å². The van der Waals surface area contributed by atoms with E-state index in [0.717, 1.165) is 0 Å². The molecular formula is C18H33N4O9+. The number of aliphatic carboxylic acids is 1. The number of carboxylic acids is 1. The van der Waals surface area contributed by atoms with Crippen LogP contribution in [0.25, 0.3) is 0 Å². The summed E-state index contributed by atoms with van der Waals surface area (Å²) in [5.74, 6) is -4.08. The van der Waals surface area contributed by atoms with Crippen molar-refractivity contribution in [1.29, 1.82) is 0 Å². The summed E-state index contributed by atoms with van der Waals surface area (Å²) < 4.78 is 10.9. The van der Waals surface area contributed by atoms with Crippen LogP contribution in [0.4, 0.5) is 0 Å². The standard InChI is InChI=1S/C18H32N4O9/c1-7-14(13(25)11(6-19)31-18(7)29)30-9(3)17(28)21-8(2)16(27)22-10(15(20)26)4-5-12(23)24/h7-11,13-14,18,25,29H,4-6,19H2,1-3H3,(H2,20,26)(H,21,28)(H,22,27)(H,23,24)/p+1/t7-,8-,9+,10+,11?,13?,14+,18+/m0/s1. The molecule has 1 fully saturated rings. The van der Waals surface area contributed by atoms with Crippen LogP contribution in [0, 0.1) is 5.92 Å². The highest BCUT2D eigenvalue weighted by atomic mass is 16.6. The van der Waals surface area contributed by atoms with Gasteiger partial charge in [-0.3, -0.25) is 19.2 Å². The summed E-state index contributed by atoms with van der Waals surface area (Å²) in [5, 5.41) is 33.8. The lowest BCUT2D eigenvalue weighted by Crippen LogP contribution is -2.66. The van der Waals surface area contributed by atoms with E-state index in [0.29, 0.717) is 0 Å². The number of aliphatic hydroxyl groups excluding tert-OH is 2. The van der Waals surface area contributed by atoms with Gasteiger partial charge in [0.05, 0.1) is 6.10 Å². The average Bonchev–Trinajstić information content (AvgIpc) is 2.69. The summed E-state index contributed by atoms with van der Waals surface area (Å²) in [5.41, 5.74) is 8.82. The van der Waals surface area contributed by atoms with Gasteiger partial charge in [0.1, 0.15) is 36.9 Å². The Morgan fingerprint density at radius 1 is 1.16 bits per heavy atom. The van der Waals surface area contributed by atoms with E-state index in [-0.39, 0.29) is 19.4 Å². The predicted molar refractivity (Wildman–Crippen MR) is 104 cm³/mol. The van der Waals surface area contributed by atoms with Crippen molar-refractivity contribution < 1.29 is 49.7 Å². The largest absolute Gasteiger partial charge is 0.481 e. The Morgan fingerprint density at radius 3 is 2.29 bits per heavy atom. The molecule has 8 atom stereocenters. The van der Waals surface area contributed by atoms with Crippen LogP contribution in [0.2, 0.25) is 0 Å². The van der Waals surface area contributed by atoms with E-state index in [1.165, 1.54) is 13.8 Å². The molecule has 1 saturated heterocycles. The summed E-state index contributed by atoms with van der Waals surface area (Å²) >= 11 is 0. The first-order valence-electron chi connectivity index (χ1n) is 9.97. The van der Waals surface area contributed by atoms with Gasteiger partial charge in [0.25, 0.3) is 0 Å². The summed E-state index contributed by atoms with van der Waals surface area (Å²) in [4.78, 5) is 46.8. The second kappa shape index (κ2) is 11.9. The maximum atomic E-state index is 12.4. The summed E-state index contributed by atoms with van der Waals surface area (Å²) in [7, 11) is 0. The maximum absolute atomic E-state index is 12.4. The average molecular weight is 449 g/mol. The van der Waals surface area contributed by atoms with Gasteiger partial charge in [-0.05, 0) is 20.3 Å². The Kier molecular flexibility index (Phi) is 10.3. The van der Waals surface area contributed by atoms with Crippen molar-refractivity contribution in [3.63, 3.8) is 0 Å². The fourth-order valence-corrected chi connectivity index (χ4v) is 3.06. The Balaban J connectivity index is 2.66. The van der Waals surface area contributed by atoms with Crippen molar-refractivity contribution in [2.24, 2.45) is 11.7 Å². The number of aliphatic hydroxyl groups is 2. The topological polar surface area (TPSA) is 225 Å². The van der Waals surface area contributed by atoms with Crippen molar-refractivity contribution in [2.45, 2.75) is 76.4 Å². The number of carboxylic acid groups (broad SMARTS) is 1. The Hall–Kier alpha value is -2.32. The highest BCUT2D eigenvalue weighted by Gasteiger charge is 2.44. The number of amides is 3. The number of hydrogen-bond acceptors (Lipinski definition) is 8. The first kappa shape index (κ1) is 26.7. The molecule has 0 saturated carbocycles. The molecule has 0 bridgehead atoms. The zero-order valence-corrected chi connectivity index (χ0v) is 17.8. The fraction of sp³-hybridized carbons (Fsp3) is 0.778. The minimum Gasteiger partial charge on any atom is -0.481 e. The normalized spacial score (nSPS) is 28.8. The van der Waals surface area contributed by atoms with Gasteiger partial charge < -0.3 is 46.9 Å². The van der Waals surface area contributed by atoms with Crippen LogP contribution in [-0.4, -0.2) is 88.3 Å². The summed E-state index contributed by atoms with van der Waals surface area (Å²) in [6.45, 7) is 4.56. The van der Waals surface area contributed by atoms with E-state index in [1.54, 1.807) is 6.92 Å². The number of nitrogens with one attached hydrogen (secondary N) is 2. The SMILES string of the molecule is C[C@@H]1[C@H](O)OC(C[NH3+])C(O)[C@@H]1O[C@H](C)C(=O)N[C@@H](C)C(=O)N[C@H](CCC(=O)O)C(N)=O. The molecule has 1 rings (SSSR count). The summed E-state index contributed by atoms with van der Waals surface area (Å²) in [6.07, 6.45) is -5.62. The number of rotatable bonds is 11. The number of nitrogens with two attached hydrogens (primary N) is 1. The predicted octanol–water partition coefficient (Wildman–Crippen LogP) is -3.94. The van der Waals surface area contributed by atoms with Crippen LogP contribution in [-0.2, 0) is 28.7 Å². The first-order valence-corrected chi connectivity index (χ1v) is 9.97. The fourth-order valence-electron chi connectivity index (χ4n) is 3.06. The minimum absolute atomic E-state index is 0.186. The maximum Gasteiger partial charge on any atom is 0.303 e. The van der Waals surface area contributed by atoms with Crippen LogP contribution < -0.4 is 22.1 Å². The van der Waals surface area contributed by atoms with Gasteiger partial charge in [-0.25, -0.2) is 0 Å². The zero-order valence-electron chi connectivity index (χ0n) is 17.8. The zero-order chi connectivity index (χ0) is 23.9. The van der Waals surface area contributed by atoms with Crippen molar-refractivity contribution in [3.8, 4) is 0 Å². The highest BCUT2D eigenvalue weighted by Crippen LogP contribution is 2.27. The molecule has 0 aromatic carbocycles. The Bertz CT molecular complexity index is 662. The van der Waals surface area contributed by atoms with Crippen molar-refractivity contribution >= 4 is 23.7 Å². The lowest BCUT2D eigenvalue weighted by molar-refractivity contribution is -0.410. The molecule has 0 aliphatic carbocycles. The van der Waals surface area contributed by atoms with Crippen LogP contribution in [0.3, 0.4) is 0 Å². The minimum atomic E-state index is -1.20. The summed E-state index contributed by atoms with van der Waals surface area (Å²) in [6, 6.07) is -2.28. The molecule has 1 heterocycles. The Morgan fingerprint density at radius 2 is 1.77 bits per heavy atom. The second-order valence-electron chi connectivity index (χ2n) is 7.57. The van der Waals surface area contributed by atoms with E-state index >= 15 is 0 Å². The van der Waals surface area contributed by atoms with E-state index in [4.69, 9.17) is 20.3 Å². The first-order chi connectivity index (χ1) is 14.4. The van der Waals surface area contributed by atoms with E-state index < -0.39 is 72.4 Å². The van der Waals surface area contributed by atoms with Gasteiger partial charge in [0, 0.05) is 12.3 Å². The molecule has 0 radical (unpaired) electrons. The number of primary amides is 1. The van der Waals surface area contributed by atoms with Gasteiger partial charge in [-0.1, -0.05) is 6.92 Å². The molecular weight excluding hydrogens is 416 g/mol. The molecule has 10 N–H and O–H groups in total. The molecule has 13 heteroatoms. The third-order valence-electron chi connectivity index (χ3n) is 5.07. The molecule has 0 aromatic heterocycles. The lowest BCUT2D eigenvalue weighted by Gasteiger charge is -2.41. The number of carbonyl (C=O) groups is 4. The molecule has 13 nitrogen and oxygen atoms in total.